The third-order valence-electron chi connectivity index (χ3n) is 3.52. The molecular formula is C13H22FNO4. The van der Waals surface area contributed by atoms with E-state index < -0.39 is 17.7 Å². The minimum absolute atomic E-state index is 0.0272. The first-order chi connectivity index (χ1) is 8.85. The molecule has 2 N–H and O–H groups in total. The minimum atomic E-state index is -1.34. The molecule has 0 aromatic rings. The van der Waals surface area contributed by atoms with Gasteiger partial charge in [-0.25, -0.2) is 4.39 Å². The molecule has 4 atom stereocenters. The van der Waals surface area contributed by atoms with Crippen molar-refractivity contribution in [1.29, 1.82) is 0 Å². The molecule has 1 rings (SSSR count). The summed E-state index contributed by atoms with van der Waals surface area (Å²) in [7, 11) is 1.31. The van der Waals surface area contributed by atoms with Crippen molar-refractivity contribution >= 4 is 11.9 Å². The van der Waals surface area contributed by atoms with Crippen LogP contribution < -0.4 is 5.73 Å². The fourth-order valence-corrected chi connectivity index (χ4v) is 2.52. The van der Waals surface area contributed by atoms with Crippen molar-refractivity contribution in [2.24, 2.45) is 17.6 Å². The van der Waals surface area contributed by atoms with E-state index in [9.17, 15) is 14.0 Å². The van der Waals surface area contributed by atoms with E-state index in [0.717, 1.165) is 0 Å². The molecule has 0 aromatic heterocycles. The fraction of sp³-hybridized carbons (Fsp3) is 0.846. The van der Waals surface area contributed by atoms with Gasteiger partial charge in [0, 0.05) is 12.8 Å². The first-order valence-electron chi connectivity index (χ1n) is 6.52. The molecule has 0 amide bonds. The molecule has 0 radical (unpaired) electrons. The molecule has 1 fully saturated rings. The summed E-state index contributed by atoms with van der Waals surface area (Å²) >= 11 is 0. The molecule has 110 valence electrons. The number of rotatable bonds is 7. The van der Waals surface area contributed by atoms with Gasteiger partial charge in [0.1, 0.15) is 5.54 Å². The largest absolute Gasteiger partial charge is 0.469 e. The Labute approximate surface area is 112 Å². The summed E-state index contributed by atoms with van der Waals surface area (Å²) in [6, 6.07) is 0. The summed E-state index contributed by atoms with van der Waals surface area (Å²) in [5.41, 5.74) is 4.73. The van der Waals surface area contributed by atoms with Gasteiger partial charge in [0.15, 0.2) is 0 Å². The maximum atomic E-state index is 13.3. The van der Waals surface area contributed by atoms with Crippen LogP contribution in [-0.4, -0.2) is 37.4 Å². The fourth-order valence-electron chi connectivity index (χ4n) is 2.52. The molecule has 5 nitrogen and oxygen atoms in total. The van der Waals surface area contributed by atoms with Gasteiger partial charge in [-0.3, -0.25) is 9.59 Å². The van der Waals surface area contributed by atoms with Crippen molar-refractivity contribution in [3.63, 3.8) is 0 Å². The van der Waals surface area contributed by atoms with Crippen LogP contribution in [0.4, 0.5) is 4.39 Å². The summed E-state index contributed by atoms with van der Waals surface area (Å²) in [5.74, 6) is -1.17. The van der Waals surface area contributed by atoms with Crippen LogP contribution in [0.1, 0.15) is 33.1 Å². The number of methoxy groups -OCH3 is 1. The molecule has 0 spiro atoms. The Kier molecular flexibility index (Phi) is 5.29. The van der Waals surface area contributed by atoms with Gasteiger partial charge in [0.05, 0.1) is 19.9 Å². The number of carbonyl (C=O) groups excluding carboxylic acids is 2. The zero-order valence-corrected chi connectivity index (χ0v) is 11.6. The van der Waals surface area contributed by atoms with Crippen molar-refractivity contribution in [3.8, 4) is 0 Å². The van der Waals surface area contributed by atoms with Crippen LogP contribution in [0.15, 0.2) is 0 Å². The highest BCUT2D eigenvalue weighted by Gasteiger charge is 2.56. The van der Waals surface area contributed by atoms with Gasteiger partial charge in [-0.05, 0) is 32.1 Å². The quantitative estimate of drug-likeness (QED) is 0.706. The molecule has 0 unspecified atom stereocenters. The van der Waals surface area contributed by atoms with E-state index in [0.29, 0.717) is 6.42 Å². The lowest BCUT2D eigenvalue weighted by Crippen LogP contribution is -2.53. The molecule has 0 saturated heterocycles. The van der Waals surface area contributed by atoms with Gasteiger partial charge in [0.25, 0.3) is 0 Å². The van der Waals surface area contributed by atoms with Crippen molar-refractivity contribution in [3.05, 3.63) is 0 Å². The van der Waals surface area contributed by atoms with Crippen LogP contribution >= 0.6 is 0 Å². The van der Waals surface area contributed by atoms with Crippen LogP contribution in [0.25, 0.3) is 0 Å². The van der Waals surface area contributed by atoms with Gasteiger partial charge in [-0.15, -0.1) is 0 Å². The molecule has 0 bridgehead atoms. The standard InChI is InChI=1S/C13H22FNO4/c1-4-19-12(17)13(15,7-8(2)14)10-5-9(10)6-11(16)18-3/h8-10H,4-7,15H2,1-3H3/t8-,9+,10-,13-/m0/s1. The first-order valence-corrected chi connectivity index (χ1v) is 6.52. The Morgan fingerprint density at radius 3 is 2.63 bits per heavy atom. The normalized spacial score (nSPS) is 26.2. The second kappa shape index (κ2) is 6.32. The Balaban J connectivity index is 2.71. The van der Waals surface area contributed by atoms with Gasteiger partial charge in [-0.1, -0.05) is 0 Å². The van der Waals surface area contributed by atoms with E-state index >= 15 is 0 Å². The number of carbonyl (C=O) groups is 2. The third-order valence-corrected chi connectivity index (χ3v) is 3.52. The van der Waals surface area contributed by atoms with Crippen LogP contribution in [0.2, 0.25) is 0 Å². The number of nitrogens with two attached hydrogens (primary N) is 1. The van der Waals surface area contributed by atoms with Crippen molar-refractivity contribution < 1.29 is 23.5 Å². The SMILES string of the molecule is CCOC(=O)[C@](N)(C[C@H](C)F)[C@H]1C[C@@H]1CC(=O)OC. The van der Waals surface area contributed by atoms with E-state index in [2.05, 4.69) is 4.74 Å². The van der Waals surface area contributed by atoms with Crippen molar-refractivity contribution in [2.75, 3.05) is 13.7 Å². The first kappa shape index (κ1) is 15.9. The van der Waals surface area contributed by atoms with Crippen LogP contribution in [0.3, 0.4) is 0 Å². The average Bonchev–Trinajstić information content (AvgIpc) is 3.08. The van der Waals surface area contributed by atoms with Gasteiger partial charge < -0.3 is 15.2 Å². The molecular weight excluding hydrogens is 253 g/mol. The maximum Gasteiger partial charge on any atom is 0.326 e. The number of hydrogen-bond acceptors (Lipinski definition) is 5. The lowest BCUT2D eigenvalue weighted by Gasteiger charge is -2.28. The van der Waals surface area contributed by atoms with Gasteiger partial charge in [-0.2, -0.15) is 0 Å². The van der Waals surface area contributed by atoms with Gasteiger partial charge >= 0.3 is 11.9 Å². The van der Waals surface area contributed by atoms with E-state index in [1.54, 1.807) is 6.92 Å². The van der Waals surface area contributed by atoms with Crippen molar-refractivity contribution in [1.82, 2.24) is 0 Å². The summed E-state index contributed by atoms with van der Waals surface area (Å²) in [4.78, 5) is 23.2. The number of alkyl halides is 1. The lowest BCUT2D eigenvalue weighted by atomic mass is 9.87. The highest BCUT2D eigenvalue weighted by atomic mass is 19.1. The molecule has 1 aliphatic carbocycles. The summed E-state index contributed by atoms with van der Waals surface area (Å²) < 4.78 is 22.8. The number of halogens is 1. The topological polar surface area (TPSA) is 78.6 Å². The van der Waals surface area contributed by atoms with Gasteiger partial charge in [0.2, 0.25) is 0 Å². The monoisotopic (exact) mass is 275 g/mol. The van der Waals surface area contributed by atoms with Crippen LogP contribution in [0.5, 0.6) is 0 Å². The number of ether oxygens (including phenoxy) is 2. The smallest absolute Gasteiger partial charge is 0.326 e. The van der Waals surface area contributed by atoms with Crippen LogP contribution in [0, 0.1) is 11.8 Å². The summed E-state index contributed by atoms with van der Waals surface area (Å²) in [6.45, 7) is 3.24. The van der Waals surface area contributed by atoms with Crippen LogP contribution in [-0.2, 0) is 19.1 Å². The molecule has 0 heterocycles. The second-order valence-corrected chi connectivity index (χ2v) is 5.13. The Morgan fingerprint density at radius 2 is 2.16 bits per heavy atom. The predicted octanol–water partition coefficient (Wildman–Crippen LogP) is 1.19. The lowest BCUT2D eigenvalue weighted by molar-refractivity contribution is -0.152. The predicted molar refractivity (Wildman–Crippen MR) is 67.0 cm³/mol. The molecule has 0 aliphatic heterocycles. The highest BCUT2D eigenvalue weighted by Crippen LogP contribution is 2.49. The zero-order chi connectivity index (χ0) is 14.6. The van der Waals surface area contributed by atoms with E-state index in [1.807, 2.05) is 0 Å². The van der Waals surface area contributed by atoms with Crippen molar-refractivity contribution in [2.45, 2.75) is 44.8 Å². The number of esters is 2. The second-order valence-electron chi connectivity index (χ2n) is 5.13. The minimum Gasteiger partial charge on any atom is -0.469 e. The van der Waals surface area contributed by atoms with E-state index in [4.69, 9.17) is 10.5 Å². The van der Waals surface area contributed by atoms with E-state index in [-0.39, 0.29) is 37.3 Å². The Bertz CT molecular complexity index is 348. The molecule has 6 heteroatoms. The summed E-state index contributed by atoms with van der Waals surface area (Å²) in [5, 5.41) is 0. The summed E-state index contributed by atoms with van der Waals surface area (Å²) in [6.07, 6.45) is -0.459. The Morgan fingerprint density at radius 1 is 1.53 bits per heavy atom. The number of hydrogen-bond donors (Lipinski definition) is 1. The Hall–Kier alpha value is -1.17. The maximum absolute atomic E-state index is 13.3. The molecule has 0 aromatic carbocycles. The highest BCUT2D eigenvalue weighted by molar-refractivity contribution is 5.82. The molecule has 1 aliphatic rings. The molecule has 19 heavy (non-hydrogen) atoms. The zero-order valence-electron chi connectivity index (χ0n) is 11.6. The third kappa shape index (κ3) is 3.89. The van der Waals surface area contributed by atoms with E-state index in [1.165, 1.54) is 14.0 Å². The average molecular weight is 275 g/mol. The molecule has 1 saturated carbocycles.